The molecule has 0 saturated heterocycles. The number of methoxy groups -OCH3 is 2. The summed E-state index contributed by atoms with van der Waals surface area (Å²) in [4.78, 5) is 11.3. The molecule has 0 aliphatic carbocycles. The smallest absolute Gasteiger partial charge is 0.339 e. The first kappa shape index (κ1) is 18.6. The summed E-state index contributed by atoms with van der Waals surface area (Å²) in [6.07, 6.45) is 0. The van der Waals surface area contributed by atoms with Gasteiger partial charge in [0, 0.05) is 0 Å². The molecule has 25 heavy (non-hydrogen) atoms. The van der Waals surface area contributed by atoms with E-state index in [0.29, 0.717) is 0 Å². The molecule has 0 bridgehead atoms. The molecule has 2 aromatic rings. The molecular weight excluding hydrogens is 370 g/mol. The maximum atomic E-state index is 12.4. The van der Waals surface area contributed by atoms with Gasteiger partial charge >= 0.3 is 16.1 Å². The minimum Gasteiger partial charge on any atom is -0.493 e. The van der Waals surface area contributed by atoms with Crippen molar-refractivity contribution in [3.63, 3.8) is 0 Å². The lowest BCUT2D eigenvalue weighted by Gasteiger charge is -2.12. The maximum absolute atomic E-state index is 12.4. The fourth-order valence-electron chi connectivity index (χ4n) is 1.89. The molecule has 0 spiro atoms. The molecule has 0 unspecified atom stereocenters. The fraction of sp³-hybridized carbons (Fsp3) is 0.125. The number of rotatable bonds is 5. The Hall–Kier alpha value is -2.76. The van der Waals surface area contributed by atoms with Crippen LogP contribution in [0, 0.1) is 11.3 Å². The number of halogens is 1. The van der Waals surface area contributed by atoms with Gasteiger partial charge < -0.3 is 13.7 Å². The number of carbonyl (C=O) groups excluding carboxylic acids is 1. The quantitative estimate of drug-likeness (QED) is 0.579. The van der Waals surface area contributed by atoms with Crippen LogP contribution in [0.15, 0.2) is 41.3 Å². The Morgan fingerprint density at radius 3 is 2.44 bits per heavy atom. The van der Waals surface area contributed by atoms with Gasteiger partial charge in [0.15, 0.2) is 11.5 Å². The molecule has 0 N–H and O–H groups in total. The van der Waals surface area contributed by atoms with E-state index in [2.05, 4.69) is 4.74 Å². The Morgan fingerprint density at radius 2 is 1.84 bits per heavy atom. The van der Waals surface area contributed by atoms with Crippen LogP contribution < -0.4 is 8.92 Å². The SMILES string of the molecule is COC(=O)c1ccc(OS(=O)(=O)c2ccc(Cl)c(C#N)c2)c(OC)c1. The van der Waals surface area contributed by atoms with E-state index in [1.54, 1.807) is 6.07 Å². The van der Waals surface area contributed by atoms with Gasteiger partial charge in [-0.05, 0) is 36.4 Å². The second kappa shape index (κ2) is 7.42. The fourth-order valence-corrected chi connectivity index (χ4v) is 3.02. The maximum Gasteiger partial charge on any atom is 0.339 e. The summed E-state index contributed by atoms with van der Waals surface area (Å²) in [5, 5.41) is 9.08. The van der Waals surface area contributed by atoms with Crippen molar-refractivity contribution in [1.29, 1.82) is 5.26 Å². The van der Waals surface area contributed by atoms with E-state index < -0.39 is 16.1 Å². The number of nitriles is 1. The summed E-state index contributed by atoms with van der Waals surface area (Å²) in [5.74, 6) is -0.700. The predicted molar refractivity (Wildman–Crippen MR) is 88.3 cm³/mol. The minimum atomic E-state index is -4.24. The van der Waals surface area contributed by atoms with Gasteiger partial charge in [0.1, 0.15) is 11.0 Å². The first-order valence-electron chi connectivity index (χ1n) is 6.73. The van der Waals surface area contributed by atoms with Gasteiger partial charge in [-0.25, -0.2) is 4.79 Å². The highest BCUT2D eigenvalue weighted by molar-refractivity contribution is 7.87. The first-order chi connectivity index (χ1) is 11.8. The van der Waals surface area contributed by atoms with Crippen LogP contribution in [0.4, 0.5) is 0 Å². The lowest BCUT2D eigenvalue weighted by Crippen LogP contribution is -2.11. The molecule has 0 aliphatic rings. The Bertz CT molecular complexity index is 965. The van der Waals surface area contributed by atoms with Crippen LogP contribution in [0.1, 0.15) is 15.9 Å². The topological polar surface area (TPSA) is 103 Å². The Balaban J connectivity index is 2.41. The van der Waals surface area contributed by atoms with Crippen molar-refractivity contribution in [2.24, 2.45) is 0 Å². The molecular formula is C16H12ClNO6S. The van der Waals surface area contributed by atoms with Crippen LogP contribution in [0.2, 0.25) is 5.02 Å². The number of nitrogens with zero attached hydrogens (tertiary/aromatic N) is 1. The summed E-state index contributed by atoms with van der Waals surface area (Å²) < 4.78 is 39.5. The van der Waals surface area contributed by atoms with Crippen molar-refractivity contribution in [3.05, 3.63) is 52.5 Å². The third-order valence-electron chi connectivity index (χ3n) is 3.13. The molecule has 0 atom stereocenters. The lowest BCUT2D eigenvalue weighted by atomic mass is 10.2. The largest absolute Gasteiger partial charge is 0.493 e. The van der Waals surface area contributed by atoms with E-state index >= 15 is 0 Å². The van der Waals surface area contributed by atoms with E-state index in [9.17, 15) is 13.2 Å². The van der Waals surface area contributed by atoms with Crippen molar-refractivity contribution in [2.45, 2.75) is 4.90 Å². The Labute approximate surface area is 149 Å². The second-order valence-electron chi connectivity index (χ2n) is 4.65. The molecule has 9 heteroatoms. The summed E-state index contributed by atoms with van der Waals surface area (Å²) in [6.45, 7) is 0. The lowest BCUT2D eigenvalue weighted by molar-refractivity contribution is 0.0600. The van der Waals surface area contributed by atoms with Crippen molar-refractivity contribution >= 4 is 27.7 Å². The summed E-state index contributed by atoms with van der Waals surface area (Å²) in [5.41, 5.74) is 0.168. The zero-order chi connectivity index (χ0) is 18.6. The third-order valence-corrected chi connectivity index (χ3v) is 4.69. The van der Waals surface area contributed by atoms with Crippen LogP contribution in [0.3, 0.4) is 0 Å². The summed E-state index contributed by atoms with van der Waals surface area (Å²) in [7, 11) is -1.72. The second-order valence-corrected chi connectivity index (χ2v) is 6.60. The zero-order valence-electron chi connectivity index (χ0n) is 13.1. The van der Waals surface area contributed by atoms with Crippen LogP contribution >= 0.6 is 11.6 Å². The van der Waals surface area contributed by atoms with E-state index in [1.165, 1.54) is 44.6 Å². The van der Waals surface area contributed by atoms with Gasteiger partial charge in [-0.3, -0.25) is 0 Å². The molecule has 7 nitrogen and oxygen atoms in total. The van der Waals surface area contributed by atoms with E-state index in [1.807, 2.05) is 0 Å². The molecule has 0 radical (unpaired) electrons. The Morgan fingerprint density at radius 1 is 1.12 bits per heavy atom. The average molecular weight is 382 g/mol. The van der Waals surface area contributed by atoms with Crippen LogP contribution in [-0.4, -0.2) is 28.6 Å². The molecule has 0 aliphatic heterocycles. The van der Waals surface area contributed by atoms with E-state index in [0.717, 1.165) is 6.07 Å². The van der Waals surface area contributed by atoms with Crippen LogP contribution in [0.5, 0.6) is 11.5 Å². The van der Waals surface area contributed by atoms with Crippen molar-refractivity contribution in [1.82, 2.24) is 0 Å². The highest BCUT2D eigenvalue weighted by Crippen LogP contribution is 2.31. The number of hydrogen-bond acceptors (Lipinski definition) is 7. The molecule has 0 amide bonds. The number of carbonyl (C=O) groups is 1. The molecule has 2 aromatic carbocycles. The number of ether oxygens (including phenoxy) is 2. The first-order valence-corrected chi connectivity index (χ1v) is 8.51. The highest BCUT2D eigenvalue weighted by atomic mass is 35.5. The van der Waals surface area contributed by atoms with Crippen molar-refractivity contribution < 1.29 is 26.9 Å². The third kappa shape index (κ3) is 4.02. The number of hydrogen-bond donors (Lipinski definition) is 0. The normalized spacial score (nSPS) is 10.6. The van der Waals surface area contributed by atoms with Gasteiger partial charge in [0.2, 0.25) is 0 Å². The van der Waals surface area contributed by atoms with Gasteiger partial charge in [-0.1, -0.05) is 11.6 Å². The van der Waals surface area contributed by atoms with Gasteiger partial charge in [-0.2, -0.15) is 13.7 Å². The standard InChI is InChI=1S/C16H12ClNO6S/c1-22-15-8-10(16(19)23-2)3-6-14(15)24-25(20,21)12-4-5-13(17)11(7-12)9-18/h3-8H,1-2H3. The summed E-state index contributed by atoms with van der Waals surface area (Å²) >= 11 is 5.79. The molecule has 0 aromatic heterocycles. The van der Waals surface area contributed by atoms with E-state index in [-0.39, 0.29) is 32.5 Å². The van der Waals surface area contributed by atoms with Gasteiger partial charge in [0.05, 0.1) is 30.4 Å². The number of benzene rings is 2. The molecule has 130 valence electrons. The minimum absolute atomic E-state index is 0.000606. The average Bonchev–Trinajstić information content (AvgIpc) is 2.61. The Kier molecular flexibility index (Phi) is 5.51. The van der Waals surface area contributed by atoms with Crippen molar-refractivity contribution in [2.75, 3.05) is 14.2 Å². The van der Waals surface area contributed by atoms with Crippen LogP contribution in [0.25, 0.3) is 0 Å². The summed E-state index contributed by atoms with van der Waals surface area (Å²) in [6, 6.07) is 9.29. The van der Waals surface area contributed by atoms with Crippen molar-refractivity contribution in [3.8, 4) is 17.6 Å². The number of esters is 1. The predicted octanol–water partition coefficient (Wildman–Crippen LogP) is 2.77. The molecule has 0 heterocycles. The highest BCUT2D eigenvalue weighted by Gasteiger charge is 2.21. The zero-order valence-corrected chi connectivity index (χ0v) is 14.7. The van der Waals surface area contributed by atoms with Crippen LogP contribution in [-0.2, 0) is 14.9 Å². The molecule has 0 saturated carbocycles. The van der Waals surface area contributed by atoms with Gasteiger partial charge in [-0.15, -0.1) is 0 Å². The van der Waals surface area contributed by atoms with E-state index in [4.69, 9.17) is 25.8 Å². The molecule has 0 fully saturated rings. The monoisotopic (exact) mass is 381 g/mol. The molecule has 2 rings (SSSR count). The van der Waals surface area contributed by atoms with Gasteiger partial charge in [0.25, 0.3) is 0 Å².